The Morgan fingerprint density at radius 3 is 2.65 bits per heavy atom. The van der Waals surface area contributed by atoms with E-state index in [0.717, 1.165) is 12.8 Å². The van der Waals surface area contributed by atoms with Crippen LogP contribution in [0.1, 0.15) is 24.8 Å². The van der Waals surface area contributed by atoms with Crippen LogP contribution in [-0.2, 0) is 11.3 Å². The molecule has 1 heterocycles. The summed E-state index contributed by atoms with van der Waals surface area (Å²) < 4.78 is 27.6. The fraction of sp³-hybridized carbons (Fsp3) is 0.375. The quantitative estimate of drug-likeness (QED) is 0.875. The van der Waals surface area contributed by atoms with Crippen molar-refractivity contribution in [2.75, 3.05) is 0 Å². The summed E-state index contributed by atoms with van der Waals surface area (Å²) in [4.78, 5) is 17.4. The minimum Gasteiger partial charge on any atom is -0.480 e. The molecule has 1 unspecified atom stereocenters. The number of carbonyl (C=O) groups is 1. The normalized spacial score (nSPS) is 15.8. The average Bonchev–Trinajstić information content (AvgIpc) is 3.24. The molecular formula is C16H16F2N2O2S. The number of hydrogen-bond donors (Lipinski definition) is 1. The topological polar surface area (TPSA) is 53.4 Å². The van der Waals surface area contributed by atoms with Crippen molar-refractivity contribution in [1.29, 1.82) is 0 Å². The Hall–Kier alpha value is -1.86. The first-order valence-electron chi connectivity index (χ1n) is 7.34. The van der Waals surface area contributed by atoms with Gasteiger partial charge in [-0.25, -0.2) is 13.8 Å². The second-order valence-corrected chi connectivity index (χ2v) is 6.58. The lowest BCUT2D eigenvalue weighted by Crippen LogP contribution is -2.39. The summed E-state index contributed by atoms with van der Waals surface area (Å²) in [7, 11) is 0. The summed E-state index contributed by atoms with van der Waals surface area (Å²) in [6.45, 7) is 2.02. The van der Waals surface area contributed by atoms with Crippen LogP contribution in [0.25, 0.3) is 11.3 Å². The Bertz CT molecular complexity index is 710. The number of benzene rings is 1. The van der Waals surface area contributed by atoms with Gasteiger partial charge in [0, 0.05) is 11.4 Å². The van der Waals surface area contributed by atoms with E-state index in [9.17, 15) is 18.7 Å². The summed E-state index contributed by atoms with van der Waals surface area (Å²) in [5, 5.41) is 11.5. The highest BCUT2D eigenvalue weighted by atomic mass is 32.1. The Kier molecular flexibility index (Phi) is 4.41. The SMILES string of the molecule is CC(C(=O)O)N(Cc1nc(-c2c(F)cccc2F)cs1)C1CC1. The molecule has 1 saturated carbocycles. The smallest absolute Gasteiger partial charge is 0.320 e. The average molecular weight is 338 g/mol. The minimum absolute atomic E-state index is 0.140. The third-order valence-corrected chi connectivity index (χ3v) is 4.79. The van der Waals surface area contributed by atoms with E-state index in [-0.39, 0.29) is 17.3 Å². The number of nitrogens with zero attached hydrogens (tertiary/aromatic N) is 2. The molecule has 0 amide bonds. The summed E-state index contributed by atoms with van der Waals surface area (Å²) >= 11 is 1.29. The summed E-state index contributed by atoms with van der Waals surface area (Å²) in [5.41, 5.74) is 0.110. The first kappa shape index (κ1) is 16.0. The van der Waals surface area contributed by atoms with Crippen molar-refractivity contribution in [2.45, 2.75) is 38.4 Å². The van der Waals surface area contributed by atoms with Crippen molar-refractivity contribution in [3.8, 4) is 11.3 Å². The van der Waals surface area contributed by atoms with Gasteiger partial charge in [0.05, 0.1) is 17.8 Å². The third kappa shape index (κ3) is 3.40. The number of thiazole rings is 1. The number of rotatable bonds is 6. The molecule has 1 fully saturated rings. The molecule has 7 heteroatoms. The van der Waals surface area contributed by atoms with Crippen LogP contribution < -0.4 is 0 Å². The number of carboxylic acid groups (broad SMARTS) is 1. The number of aromatic nitrogens is 1. The molecule has 3 rings (SSSR count). The third-order valence-electron chi connectivity index (χ3n) is 3.96. The molecule has 1 aliphatic rings. The largest absolute Gasteiger partial charge is 0.480 e. The molecule has 1 atom stereocenters. The van der Waals surface area contributed by atoms with Gasteiger partial charge in [0.2, 0.25) is 0 Å². The van der Waals surface area contributed by atoms with E-state index in [2.05, 4.69) is 4.98 Å². The number of carboxylic acids is 1. The monoisotopic (exact) mass is 338 g/mol. The lowest BCUT2D eigenvalue weighted by Gasteiger charge is -2.24. The van der Waals surface area contributed by atoms with Crippen LogP contribution >= 0.6 is 11.3 Å². The maximum atomic E-state index is 13.8. The molecule has 0 radical (unpaired) electrons. The molecule has 1 N–H and O–H groups in total. The lowest BCUT2D eigenvalue weighted by molar-refractivity contribution is -0.143. The van der Waals surface area contributed by atoms with E-state index in [1.54, 1.807) is 12.3 Å². The molecule has 2 aromatic rings. The van der Waals surface area contributed by atoms with Crippen molar-refractivity contribution in [2.24, 2.45) is 0 Å². The van der Waals surface area contributed by atoms with E-state index in [0.29, 0.717) is 11.6 Å². The highest BCUT2D eigenvalue weighted by Gasteiger charge is 2.35. The second-order valence-electron chi connectivity index (χ2n) is 5.64. The van der Waals surface area contributed by atoms with Gasteiger partial charge >= 0.3 is 5.97 Å². The molecule has 1 aromatic heterocycles. The zero-order valence-electron chi connectivity index (χ0n) is 12.5. The van der Waals surface area contributed by atoms with Gasteiger partial charge < -0.3 is 5.11 Å². The highest BCUT2D eigenvalue weighted by Crippen LogP contribution is 2.32. The number of aliphatic carboxylic acids is 1. The van der Waals surface area contributed by atoms with Crippen LogP contribution in [-0.4, -0.2) is 33.0 Å². The first-order chi connectivity index (χ1) is 11.0. The second kappa shape index (κ2) is 6.33. The van der Waals surface area contributed by atoms with E-state index < -0.39 is 23.6 Å². The zero-order chi connectivity index (χ0) is 16.6. The van der Waals surface area contributed by atoms with E-state index in [1.165, 1.54) is 29.5 Å². The molecule has 1 aromatic carbocycles. The molecule has 0 aliphatic heterocycles. The number of halogens is 2. The minimum atomic E-state index is -0.881. The van der Waals surface area contributed by atoms with Crippen molar-refractivity contribution in [1.82, 2.24) is 9.88 Å². The molecule has 0 spiro atoms. The van der Waals surface area contributed by atoms with E-state index in [1.807, 2.05) is 4.90 Å². The van der Waals surface area contributed by atoms with Crippen molar-refractivity contribution >= 4 is 17.3 Å². The molecule has 0 saturated heterocycles. The Labute approximate surface area is 136 Å². The zero-order valence-corrected chi connectivity index (χ0v) is 13.3. The first-order valence-corrected chi connectivity index (χ1v) is 8.22. The van der Waals surface area contributed by atoms with Gasteiger partial charge in [-0.15, -0.1) is 11.3 Å². The van der Waals surface area contributed by atoms with Crippen LogP contribution in [0.15, 0.2) is 23.6 Å². The van der Waals surface area contributed by atoms with Gasteiger partial charge in [-0.2, -0.15) is 0 Å². The standard InChI is InChI=1S/C16H16F2N2O2S/c1-9(16(21)22)20(10-5-6-10)7-14-19-13(8-23-14)15-11(17)3-2-4-12(15)18/h2-4,8-10H,5-7H2,1H3,(H,21,22). The summed E-state index contributed by atoms with van der Waals surface area (Å²) in [5.74, 6) is -2.19. The van der Waals surface area contributed by atoms with Crippen molar-refractivity contribution < 1.29 is 18.7 Å². The van der Waals surface area contributed by atoms with Crippen LogP contribution in [0, 0.1) is 11.6 Å². The Morgan fingerprint density at radius 2 is 2.09 bits per heavy atom. The molecule has 4 nitrogen and oxygen atoms in total. The summed E-state index contributed by atoms with van der Waals surface area (Å²) in [6.07, 6.45) is 1.94. The van der Waals surface area contributed by atoms with Gasteiger partial charge in [-0.05, 0) is 31.9 Å². The predicted molar refractivity (Wildman–Crippen MR) is 83.1 cm³/mol. The Balaban J connectivity index is 1.83. The maximum absolute atomic E-state index is 13.8. The van der Waals surface area contributed by atoms with Crippen molar-refractivity contribution in [3.63, 3.8) is 0 Å². The van der Waals surface area contributed by atoms with Crippen LogP contribution in [0.5, 0.6) is 0 Å². The Morgan fingerprint density at radius 1 is 1.43 bits per heavy atom. The van der Waals surface area contributed by atoms with Gasteiger partial charge in [0.25, 0.3) is 0 Å². The fourth-order valence-corrected chi connectivity index (χ4v) is 3.32. The van der Waals surface area contributed by atoms with Crippen LogP contribution in [0.4, 0.5) is 8.78 Å². The molecule has 122 valence electrons. The van der Waals surface area contributed by atoms with E-state index in [4.69, 9.17) is 0 Å². The molecule has 23 heavy (non-hydrogen) atoms. The van der Waals surface area contributed by atoms with Gasteiger partial charge in [-0.1, -0.05) is 6.07 Å². The van der Waals surface area contributed by atoms with Crippen molar-refractivity contribution in [3.05, 3.63) is 40.2 Å². The van der Waals surface area contributed by atoms with Gasteiger partial charge in [-0.3, -0.25) is 9.69 Å². The molecular weight excluding hydrogens is 322 g/mol. The fourth-order valence-electron chi connectivity index (χ4n) is 2.53. The highest BCUT2D eigenvalue weighted by molar-refractivity contribution is 7.09. The van der Waals surface area contributed by atoms with E-state index >= 15 is 0 Å². The van der Waals surface area contributed by atoms with Gasteiger partial charge in [0.15, 0.2) is 0 Å². The lowest BCUT2D eigenvalue weighted by atomic mass is 10.1. The van der Waals surface area contributed by atoms with Gasteiger partial charge in [0.1, 0.15) is 22.7 Å². The maximum Gasteiger partial charge on any atom is 0.320 e. The van der Waals surface area contributed by atoms with Crippen LogP contribution in [0.2, 0.25) is 0 Å². The molecule has 0 bridgehead atoms. The molecule has 1 aliphatic carbocycles. The summed E-state index contributed by atoms with van der Waals surface area (Å²) in [6, 6.07) is 3.34. The van der Waals surface area contributed by atoms with Crippen LogP contribution in [0.3, 0.4) is 0 Å². The predicted octanol–water partition coefficient (Wildman–Crippen LogP) is 3.53. The number of hydrogen-bond acceptors (Lipinski definition) is 4.